The molecule has 0 bridgehead atoms. The van der Waals surface area contributed by atoms with Gasteiger partial charge in [-0.15, -0.1) is 0 Å². The van der Waals surface area contributed by atoms with Crippen LogP contribution in [-0.2, 0) is 0 Å². The lowest BCUT2D eigenvalue weighted by molar-refractivity contribution is 0.606. The first-order valence-electron chi connectivity index (χ1n) is 6.47. The lowest BCUT2D eigenvalue weighted by Crippen LogP contribution is -2.43. The van der Waals surface area contributed by atoms with Gasteiger partial charge in [0.05, 0.1) is 6.04 Å². The normalized spacial score (nSPS) is 13.5. The second kappa shape index (κ2) is 7.09. The highest BCUT2D eigenvalue weighted by Gasteiger charge is 2.09. The third-order valence-electron chi connectivity index (χ3n) is 2.80. The zero-order valence-corrected chi connectivity index (χ0v) is 12.0. The molecule has 0 fully saturated rings. The van der Waals surface area contributed by atoms with Gasteiger partial charge in [-0.2, -0.15) is 0 Å². The number of hydrogen-bond acceptors (Lipinski definition) is 2. The molecule has 1 aromatic carbocycles. The quantitative estimate of drug-likeness (QED) is 0.339. The fourth-order valence-corrected chi connectivity index (χ4v) is 1.57. The Bertz CT molecular complexity index is 443. The van der Waals surface area contributed by atoms with Crippen molar-refractivity contribution in [2.75, 3.05) is 6.54 Å². The highest BCUT2D eigenvalue weighted by Crippen LogP contribution is 2.16. The van der Waals surface area contributed by atoms with Gasteiger partial charge < -0.3 is 5.32 Å². The Morgan fingerprint density at radius 2 is 2.05 bits per heavy atom. The molecule has 0 aliphatic carbocycles. The maximum Gasteiger partial charge on any atom is 0.206 e. The van der Waals surface area contributed by atoms with Gasteiger partial charge >= 0.3 is 0 Å². The van der Waals surface area contributed by atoms with Crippen molar-refractivity contribution in [3.63, 3.8) is 0 Å². The lowest BCUT2D eigenvalue weighted by atomic mass is 10.1. The minimum Gasteiger partial charge on any atom is -0.349 e. The highest BCUT2D eigenvalue weighted by atomic mass is 19.1. The van der Waals surface area contributed by atoms with Crippen LogP contribution in [0.3, 0.4) is 0 Å². The molecule has 0 aliphatic rings. The van der Waals surface area contributed by atoms with Gasteiger partial charge in [0.15, 0.2) is 0 Å². The number of hydrogen-bond donors (Lipinski definition) is 3. The van der Waals surface area contributed by atoms with E-state index in [1.807, 2.05) is 13.0 Å². The van der Waals surface area contributed by atoms with Crippen LogP contribution in [0.2, 0.25) is 0 Å². The summed E-state index contributed by atoms with van der Waals surface area (Å²) in [6.45, 7) is 8.52. The minimum absolute atomic E-state index is 0.0722. The summed E-state index contributed by atoms with van der Waals surface area (Å²) in [6, 6.07) is 5.12. The van der Waals surface area contributed by atoms with Gasteiger partial charge in [0, 0.05) is 6.54 Å². The van der Waals surface area contributed by atoms with E-state index < -0.39 is 0 Å². The number of benzene rings is 1. The Hall–Kier alpha value is -1.62. The van der Waals surface area contributed by atoms with Crippen molar-refractivity contribution in [2.24, 2.45) is 16.8 Å². The van der Waals surface area contributed by atoms with Gasteiger partial charge in [0.25, 0.3) is 0 Å². The molecule has 4 nitrogen and oxygen atoms in total. The molecule has 1 rings (SSSR count). The Morgan fingerprint density at radius 3 is 2.58 bits per heavy atom. The largest absolute Gasteiger partial charge is 0.349 e. The summed E-state index contributed by atoms with van der Waals surface area (Å²) >= 11 is 0. The molecule has 0 radical (unpaired) electrons. The molecular formula is C14H23FN4. The third kappa shape index (κ3) is 4.87. The zero-order chi connectivity index (χ0) is 14.4. The van der Waals surface area contributed by atoms with Gasteiger partial charge in [-0.05, 0) is 37.0 Å². The second-order valence-corrected chi connectivity index (χ2v) is 5.10. The molecule has 0 aliphatic heterocycles. The van der Waals surface area contributed by atoms with Crippen molar-refractivity contribution >= 4 is 5.96 Å². The monoisotopic (exact) mass is 266 g/mol. The number of nitrogens with zero attached hydrogens (tertiary/aromatic N) is 1. The Morgan fingerprint density at radius 1 is 1.37 bits per heavy atom. The summed E-state index contributed by atoms with van der Waals surface area (Å²) in [5.74, 6) is 6.19. The summed E-state index contributed by atoms with van der Waals surface area (Å²) in [5, 5.41) is 3.13. The predicted octanol–water partition coefficient (Wildman–Crippen LogP) is 2.26. The van der Waals surface area contributed by atoms with Crippen LogP contribution in [-0.4, -0.2) is 12.5 Å². The molecular weight excluding hydrogens is 243 g/mol. The fourth-order valence-electron chi connectivity index (χ4n) is 1.57. The van der Waals surface area contributed by atoms with Crippen molar-refractivity contribution in [1.29, 1.82) is 0 Å². The standard InChI is InChI=1S/C14H23FN4/c1-9(2)8-17-14(19-16)18-11(4)12-6-5-10(3)13(15)7-12/h5-7,9,11H,8,16H2,1-4H3,(H2,17,18,19). The number of guanidine groups is 1. The van der Waals surface area contributed by atoms with Crippen LogP contribution in [0.4, 0.5) is 4.39 Å². The van der Waals surface area contributed by atoms with Crippen LogP contribution < -0.4 is 16.6 Å². The molecule has 4 N–H and O–H groups in total. The second-order valence-electron chi connectivity index (χ2n) is 5.10. The van der Waals surface area contributed by atoms with E-state index in [4.69, 9.17) is 5.84 Å². The van der Waals surface area contributed by atoms with E-state index in [0.29, 0.717) is 24.0 Å². The number of aryl methyl sites for hydroxylation is 1. The first-order valence-corrected chi connectivity index (χ1v) is 6.47. The SMILES string of the molecule is Cc1ccc(C(C)NC(=NCC(C)C)NN)cc1F. The molecule has 0 amide bonds. The number of halogens is 1. The van der Waals surface area contributed by atoms with Crippen LogP contribution in [0.15, 0.2) is 23.2 Å². The van der Waals surface area contributed by atoms with Gasteiger partial charge in [0.1, 0.15) is 5.82 Å². The smallest absolute Gasteiger partial charge is 0.206 e. The fraction of sp³-hybridized carbons (Fsp3) is 0.500. The summed E-state index contributed by atoms with van der Waals surface area (Å²) in [7, 11) is 0. The van der Waals surface area contributed by atoms with Gasteiger partial charge in [-0.25, -0.2) is 10.2 Å². The third-order valence-corrected chi connectivity index (χ3v) is 2.80. The molecule has 0 heterocycles. The molecule has 1 unspecified atom stereocenters. The van der Waals surface area contributed by atoms with E-state index >= 15 is 0 Å². The molecule has 19 heavy (non-hydrogen) atoms. The van der Waals surface area contributed by atoms with Crippen LogP contribution >= 0.6 is 0 Å². The highest BCUT2D eigenvalue weighted by molar-refractivity contribution is 5.79. The van der Waals surface area contributed by atoms with Crippen LogP contribution in [0.5, 0.6) is 0 Å². The maximum atomic E-state index is 13.5. The Balaban J connectivity index is 2.73. The van der Waals surface area contributed by atoms with E-state index in [1.54, 1.807) is 13.0 Å². The molecule has 5 heteroatoms. The minimum atomic E-state index is -0.201. The molecule has 106 valence electrons. The zero-order valence-electron chi connectivity index (χ0n) is 12.0. The first kappa shape index (κ1) is 15.4. The number of nitrogens with two attached hydrogens (primary N) is 1. The average Bonchev–Trinajstić information content (AvgIpc) is 2.37. The molecule has 0 spiro atoms. The molecule has 0 saturated carbocycles. The van der Waals surface area contributed by atoms with Gasteiger partial charge in [-0.3, -0.25) is 10.4 Å². The average molecular weight is 266 g/mol. The van der Waals surface area contributed by atoms with E-state index in [-0.39, 0.29) is 11.9 Å². The van der Waals surface area contributed by atoms with Crippen molar-refractivity contribution in [2.45, 2.75) is 33.7 Å². The van der Waals surface area contributed by atoms with Crippen molar-refractivity contribution in [1.82, 2.24) is 10.7 Å². The number of nitrogens with one attached hydrogen (secondary N) is 2. The van der Waals surface area contributed by atoms with E-state index in [2.05, 4.69) is 29.6 Å². The Kier molecular flexibility index (Phi) is 5.76. The summed E-state index contributed by atoms with van der Waals surface area (Å²) in [6.07, 6.45) is 0. The van der Waals surface area contributed by atoms with Crippen molar-refractivity contribution < 1.29 is 4.39 Å². The Labute approximate surface area is 114 Å². The van der Waals surface area contributed by atoms with E-state index in [9.17, 15) is 4.39 Å². The molecule has 1 aromatic rings. The van der Waals surface area contributed by atoms with Crippen molar-refractivity contribution in [3.05, 3.63) is 35.1 Å². The number of rotatable bonds is 4. The maximum absolute atomic E-state index is 13.5. The summed E-state index contributed by atoms with van der Waals surface area (Å²) in [4.78, 5) is 4.32. The number of aliphatic imine (C=N–C) groups is 1. The predicted molar refractivity (Wildman–Crippen MR) is 77.2 cm³/mol. The van der Waals surface area contributed by atoms with E-state index in [1.165, 1.54) is 6.07 Å². The van der Waals surface area contributed by atoms with Crippen LogP contribution in [0.1, 0.15) is 37.9 Å². The molecule has 1 atom stereocenters. The molecule has 0 saturated heterocycles. The van der Waals surface area contributed by atoms with Crippen molar-refractivity contribution in [3.8, 4) is 0 Å². The van der Waals surface area contributed by atoms with Crippen LogP contribution in [0.25, 0.3) is 0 Å². The van der Waals surface area contributed by atoms with Gasteiger partial charge in [0.2, 0.25) is 5.96 Å². The first-order chi connectivity index (χ1) is 8.93. The van der Waals surface area contributed by atoms with E-state index in [0.717, 1.165) is 5.56 Å². The lowest BCUT2D eigenvalue weighted by Gasteiger charge is -2.17. The summed E-state index contributed by atoms with van der Waals surface area (Å²) < 4.78 is 13.5. The van der Waals surface area contributed by atoms with Gasteiger partial charge in [-0.1, -0.05) is 26.0 Å². The summed E-state index contributed by atoms with van der Waals surface area (Å²) in [5.41, 5.74) is 4.03. The van der Waals surface area contributed by atoms with Crippen LogP contribution in [0, 0.1) is 18.7 Å². The number of hydrazine groups is 1. The topological polar surface area (TPSA) is 62.4 Å². The molecule has 0 aromatic heterocycles.